The van der Waals surface area contributed by atoms with Crippen molar-refractivity contribution < 1.29 is 4.79 Å². The van der Waals surface area contributed by atoms with Crippen molar-refractivity contribution in [2.45, 2.75) is 19.9 Å². The summed E-state index contributed by atoms with van der Waals surface area (Å²) in [4.78, 5) is 15.7. The molecule has 0 spiro atoms. The highest BCUT2D eigenvalue weighted by molar-refractivity contribution is 7.80. The molecule has 0 aliphatic rings. The Kier molecular flexibility index (Phi) is 3.73. The second-order valence-corrected chi connectivity index (χ2v) is 3.70. The molecular formula is C8H13N5OS. The predicted molar refractivity (Wildman–Crippen MR) is 58.9 cm³/mol. The molecule has 1 aromatic rings. The van der Waals surface area contributed by atoms with Gasteiger partial charge in [0.05, 0.1) is 16.9 Å². The van der Waals surface area contributed by atoms with Gasteiger partial charge in [0.25, 0.3) is 0 Å². The fourth-order valence-electron chi connectivity index (χ4n) is 0.960. The third-order valence-electron chi connectivity index (χ3n) is 2.02. The van der Waals surface area contributed by atoms with Gasteiger partial charge in [-0.05, 0) is 13.8 Å². The highest BCUT2D eigenvalue weighted by atomic mass is 32.1. The molecule has 0 fully saturated rings. The molecule has 6 nitrogen and oxygen atoms in total. The smallest absolute Gasteiger partial charge is 0.230 e. The lowest BCUT2D eigenvalue weighted by atomic mass is 10.1. The van der Waals surface area contributed by atoms with Gasteiger partial charge in [-0.15, -0.1) is 0 Å². The molecule has 1 heterocycles. The number of hydrogen-bond donors (Lipinski definition) is 3. The molecule has 0 saturated carbocycles. The van der Waals surface area contributed by atoms with Crippen LogP contribution in [0.4, 0.5) is 0 Å². The van der Waals surface area contributed by atoms with Crippen molar-refractivity contribution >= 4 is 23.1 Å². The van der Waals surface area contributed by atoms with Crippen LogP contribution < -0.4 is 11.1 Å². The number of amides is 1. The quantitative estimate of drug-likeness (QED) is 0.624. The van der Waals surface area contributed by atoms with Crippen LogP contribution in [0.1, 0.15) is 25.7 Å². The van der Waals surface area contributed by atoms with Crippen molar-refractivity contribution in [3.05, 3.63) is 12.2 Å². The highest BCUT2D eigenvalue weighted by Gasteiger charge is 2.19. The third-order valence-corrected chi connectivity index (χ3v) is 2.38. The van der Waals surface area contributed by atoms with Crippen molar-refractivity contribution in [2.75, 3.05) is 0 Å². The van der Waals surface area contributed by atoms with Crippen molar-refractivity contribution in [3.63, 3.8) is 0 Å². The summed E-state index contributed by atoms with van der Waals surface area (Å²) < 4.78 is 0. The van der Waals surface area contributed by atoms with Gasteiger partial charge < -0.3 is 11.1 Å². The summed E-state index contributed by atoms with van der Waals surface area (Å²) >= 11 is 4.73. The zero-order chi connectivity index (χ0) is 11.4. The van der Waals surface area contributed by atoms with E-state index in [1.807, 2.05) is 0 Å². The van der Waals surface area contributed by atoms with E-state index in [9.17, 15) is 4.79 Å². The Labute approximate surface area is 92.6 Å². The Bertz CT molecular complexity index is 350. The van der Waals surface area contributed by atoms with Gasteiger partial charge in [0.15, 0.2) is 0 Å². The zero-order valence-corrected chi connectivity index (χ0v) is 9.34. The number of aromatic amines is 1. The first kappa shape index (κ1) is 11.6. The van der Waals surface area contributed by atoms with Crippen molar-refractivity contribution in [2.24, 2.45) is 11.7 Å². The second kappa shape index (κ2) is 4.83. The van der Waals surface area contributed by atoms with Crippen LogP contribution in [0.15, 0.2) is 6.33 Å². The molecule has 0 radical (unpaired) electrons. The number of carbonyl (C=O) groups is 1. The van der Waals surface area contributed by atoms with Crippen LogP contribution >= 0.6 is 12.2 Å². The number of nitrogens with zero attached hydrogens (tertiary/aromatic N) is 2. The van der Waals surface area contributed by atoms with E-state index in [4.69, 9.17) is 18.0 Å². The van der Waals surface area contributed by atoms with E-state index in [1.165, 1.54) is 6.33 Å². The predicted octanol–water partition coefficient (Wildman–Crippen LogP) is -0.0959. The number of carbonyl (C=O) groups excluding carboxylic acids is 1. The molecule has 2 unspecified atom stereocenters. The van der Waals surface area contributed by atoms with Crippen LogP contribution in [0.3, 0.4) is 0 Å². The molecule has 2 atom stereocenters. The van der Waals surface area contributed by atoms with Crippen LogP contribution in [-0.2, 0) is 4.79 Å². The lowest BCUT2D eigenvalue weighted by molar-refractivity contribution is -0.123. The molecule has 0 aliphatic carbocycles. The number of rotatable bonds is 4. The molecule has 0 aromatic carbocycles. The number of hydrogen-bond acceptors (Lipinski definition) is 4. The molecule has 1 aromatic heterocycles. The minimum absolute atomic E-state index is 0.178. The number of nitrogens with one attached hydrogen (secondary N) is 2. The third kappa shape index (κ3) is 2.98. The monoisotopic (exact) mass is 227 g/mol. The maximum atomic E-state index is 11.5. The standard InChI is InChI=1S/C8H13N5OS/c1-4(6(9)15)8(14)12-5(2)7-10-3-11-13-7/h3-5H,1-2H3,(H2,9,15)(H,12,14)(H,10,11,13). The fourth-order valence-corrected chi connectivity index (χ4v) is 1.07. The van der Waals surface area contributed by atoms with Gasteiger partial charge in [-0.2, -0.15) is 5.10 Å². The Morgan fingerprint density at radius 1 is 1.67 bits per heavy atom. The van der Waals surface area contributed by atoms with E-state index >= 15 is 0 Å². The summed E-state index contributed by atoms with van der Waals surface area (Å²) in [6.45, 7) is 3.45. The van der Waals surface area contributed by atoms with Gasteiger partial charge in [0.2, 0.25) is 5.91 Å². The number of H-pyrrole nitrogens is 1. The molecule has 4 N–H and O–H groups in total. The van der Waals surface area contributed by atoms with Gasteiger partial charge >= 0.3 is 0 Å². The topological polar surface area (TPSA) is 96.7 Å². The Morgan fingerprint density at radius 2 is 2.33 bits per heavy atom. The van der Waals surface area contributed by atoms with Crippen LogP contribution in [0.25, 0.3) is 0 Å². The molecule has 7 heteroatoms. The second-order valence-electron chi connectivity index (χ2n) is 3.23. The van der Waals surface area contributed by atoms with Crippen molar-refractivity contribution in [3.8, 4) is 0 Å². The lowest BCUT2D eigenvalue weighted by Crippen LogP contribution is -2.37. The van der Waals surface area contributed by atoms with Crippen molar-refractivity contribution in [1.82, 2.24) is 20.5 Å². The molecule has 0 saturated heterocycles. The summed E-state index contributed by atoms with van der Waals surface area (Å²) in [6, 6.07) is -0.239. The maximum Gasteiger partial charge on any atom is 0.230 e. The van der Waals surface area contributed by atoms with E-state index in [-0.39, 0.29) is 16.9 Å². The maximum absolute atomic E-state index is 11.5. The van der Waals surface area contributed by atoms with Gasteiger partial charge in [-0.3, -0.25) is 9.89 Å². The van der Waals surface area contributed by atoms with E-state index in [0.717, 1.165) is 0 Å². The highest BCUT2D eigenvalue weighted by Crippen LogP contribution is 2.06. The summed E-state index contributed by atoms with van der Waals surface area (Å²) in [5.74, 6) is -0.102. The van der Waals surface area contributed by atoms with Gasteiger partial charge in [0, 0.05) is 0 Å². The Hall–Kier alpha value is -1.50. The molecule has 1 amide bonds. The van der Waals surface area contributed by atoms with Gasteiger partial charge in [-0.1, -0.05) is 12.2 Å². The molecular weight excluding hydrogens is 214 g/mol. The molecule has 0 bridgehead atoms. The van der Waals surface area contributed by atoms with E-state index in [0.29, 0.717) is 5.82 Å². The normalized spacial score (nSPS) is 14.3. The Balaban J connectivity index is 2.56. The van der Waals surface area contributed by atoms with Crippen LogP contribution in [0.2, 0.25) is 0 Å². The molecule has 0 aliphatic heterocycles. The van der Waals surface area contributed by atoms with E-state index in [1.54, 1.807) is 13.8 Å². The summed E-state index contributed by atoms with van der Waals surface area (Å²) in [5, 5.41) is 9.09. The summed E-state index contributed by atoms with van der Waals surface area (Å²) in [5.41, 5.74) is 5.37. The fraction of sp³-hybridized carbons (Fsp3) is 0.500. The minimum Gasteiger partial charge on any atom is -0.393 e. The lowest BCUT2D eigenvalue weighted by Gasteiger charge is -2.14. The van der Waals surface area contributed by atoms with Crippen LogP contribution in [-0.4, -0.2) is 26.1 Å². The average Bonchev–Trinajstić information content (AvgIpc) is 2.68. The average molecular weight is 227 g/mol. The van der Waals surface area contributed by atoms with Crippen LogP contribution in [0.5, 0.6) is 0 Å². The van der Waals surface area contributed by atoms with Crippen LogP contribution in [0, 0.1) is 5.92 Å². The van der Waals surface area contributed by atoms with Gasteiger partial charge in [0.1, 0.15) is 12.2 Å². The van der Waals surface area contributed by atoms with E-state index < -0.39 is 5.92 Å². The minimum atomic E-state index is -0.481. The molecule has 15 heavy (non-hydrogen) atoms. The summed E-state index contributed by atoms with van der Waals surface area (Å²) in [6.07, 6.45) is 1.38. The van der Waals surface area contributed by atoms with Crippen molar-refractivity contribution in [1.29, 1.82) is 0 Å². The largest absolute Gasteiger partial charge is 0.393 e. The molecule has 1 rings (SSSR count). The SMILES string of the molecule is CC(C(=O)NC(C)c1ncn[nH]1)C(N)=S. The number of thiocarbonyl (C=S) groups is 1. The first-order valence-corrected chi connectivity index (χ1v) is 4.88. The first-order valence-electron chi connectivity index (χ1n) is 4.47. The molecule has 82 valence electrons. The van der Waals surface area contributed by atoms with E-state index in [2.05, 4.69) is 20.5 Å². The summed E-state index contributed by atoms with van der Waals surface area (Å²) in [7, 11) is 0. The van der Waals surface area contributed by atoms with Gasteiger partial charge in [-0.25, -0.2) is 4.98 Å². The number of nitrogens with two attached hydrogens (primary N) is 1. The Morgan fingerprint density at radius 3 is 2.80 bits per heavy atom. The number of aromatic nitrogens is 3. The first-order chi connectivity index (χ1) is 7.02. The zero-order valence-electron chi connectivity index (χ0n) is 8.52.